The number of rotatable bonds is 6. The highest BCUT2D eigenvalue weighted by molar-refractivity contribution is 7.91. The van der Waals surface area contributed by atoms with Crippen LogP contribution in [-0.4, -0.2) is 38.2 Å². The Kier molecular flexibility index (Phi) is 6.49. The smallest absolute Gasteiger partial charge is 0.150 e. The number of halogens is 1. The van der Waals surface area contributed by atoms with E-state index >= 15 is 0 Å². The van der Waals surface area contributed by atoms with Crippen LogP contribution in [0.5, 0.6) is 5.75 Å². The maximum Gasteiger partial charge on any atom is 0.150 e. The highest BCUT2D eigenvalue weighted by atomic mass is 32.2. The van der Waals surface area contributed by atoms with E-state index in [4.69, 9.17) is 9.84 Å². The minimum atomic E-state index is -3.01. The van der Waals surface area contributed by atoms with Crippen molar-refractivity contribution in [2.24, 2.45) is 0 Å². The molecule has 110 valence electrons. The molecule has 0 aliphatic carbocycles. The van der Waals surface area contributed by atoms with Crippen molar-refractivity contribution in [1.82, 2.24) is 0 Å². The molecule has 0 atom stereocenters. The lowest BCUT2D eigenvalue weighted by Crippen LogP contribution is -2.12. The molecule has 1 rings (SSSR count). The molecular formula is C14H17FO4S. The summed E-state index contributed by atoms with van der Waals surface area (Å²) in [5.74, 6) is 5.10. The summed E-state index contributed by atoms with van der Waals surface area (Å²) >= 11 is 0. The molecule has 0 aliphatic rings. The molecule has 1 N–H and O–H groups in total. The largest absolute Gasteiger partial charge is 0.492 e. The fourth-order valence-corrected chi connectivity index (χ4v) is 2.31. The molecule has 0 saturated heterocycles. The van der Waals surface area contributed by atoms with Crippen LogP contribution in [0.3, 0.4) is 0 Å². The van der Waals surface area contributed by atoms with E-state index in [1.54, 1.807) is 6.92 Å². The topological polar surface area (TPSA) is 63.6 Å². The molecule has 0 bridgehead atoms. The van der Waals surface area contributed by atoms with Gasteiger partial charge < -0.3 is 9.84 Å². The van der Waals surface area contributed by atoms with Crippen molar-refractivity contribution in [1.29, 1.82) is 0 Å². The van der Waals surface area contributed by atoms with Gasteiger partial charge >= 0.3 is 0 Å². The molecule has 0 fully saturated rings. The number of hydrogen-bond acceptors (Lipinski definition) is 4. The van der Waals surface area contributed by atoms with Gasteiger partial charge in [0.2, 0.25) is 0 Å². The van der Waals surface area contributed by atoms with Crippen LogP contribution in [0.1, 0.15) is 18.9 Å². The van der Waals surface area contributed by atoms with Crippen molar-refractivity contribution in [3.8, 4) is 17.6 Å². The van der Waals surface area contributed by atoms with Crippen molar-refractivity contribution in [3.63, 3.8) is 0 Å². The van der Waals surface area contributed by atoms with Crippen molar-refractivity contribution >= 4 is 9.84 Å². The number of aliphatic hydroxyl groups excluding tert-OH is 1. The van der Waals surface area contributed by atoms with Crippen molar-refractivity contribution in [2.75, 3.05) is 24.7 Å². The first-order valence-corrected chi connectivity index (χ1v) is 8.03. The van der Waals surface area contributed by atoms with Gasteiger partial charge in [0.15, 0.2) is 0 Å². The van der Waals surface area contributed by atoms with Crippen molar-refractivity contribution < 1.29 is 22.7 Å². The Balaban J connectivity index is 2.64. The van der Waals surface area contributed by atoms with Gasteiger partial charge in [-0.3, -0.25) is 0 Å². The van der Waals surface area contributed by atoms with E-state index < -0.39 is 15.7 Å². The van der Waals surface area contributed by atoms with E-state index in [-0.39, 0.29) is 24.7 Å². The summed E-state index contributed by atoms with van der Waals surface area (Å²) in [6, 6.07) is 3.88. The molecule has 0 saturated carbocycles. The lowest BCUT2D eigenvalue weighted by Gasteiger charge is -2.08. The van der Waals surface area contributed by atoms with Crippen molar-refractivity contribution in [2.45, 2.75) is 13.3 Å². The fourth-order valence-electron chi connectivity index (χ4n) is 1.47. The predicted molar refractivity (Wildman–Crippen MR) is 74.8 cm³/mol. The lowest BCUT2D eigenvalue weighted by atomic mass is 10.2. The zero-order valence-corrected chi connectivity index (χ0v) is 12.0. The molecule has 1 aromatic rings. The summed E-state index contributed by atoms with van der Waals surface area (Å²) in [5.41, 5.74) is 0.331. The molecule has 0 heterocycles. The first-order valence-electron chi connectivity index (χ1n) is 6.21. The minimum absolute atomic E-state index is 0.0579. The number of ether oxygens (including phenoxy) is 1. The van der Waals surface area contributed by atoms with Gasteiger partial charge in [-0.25, -0.2) is 12.8 Å². The van der Waals surface area contributed by atoms with Crippen LogP contribution in [0.15, 0.2) is 18.2 Å². The Bertz CT molecular complexity index is 599. The number of hydrogen-bond donors (Lipinski definition) is 1. The van der Waals surface area contributed by atoms with Gasteiger partial charge in [0.05, 0.1) is 17.9 Å². The highest BCUT2D eigenvalue weighted by Crippen LogP contribution is 2.19. The number of aliphatic hydroxyl groups is 1. The van der Waals surface area contributed by atoms with Crippen LogP contribution in [0.25, 0.3) is 0 Å². The summed E-state index contributed by atoms with van der Waals surface area (Å²) in [5, 5.41) is 8.64. The molecule has 4 nitrogen and oxygen atoms in total. The molecule has 6 heteroatoms. The van der Waals surface area contributed by atoms with E-state index in [9.17, 15) is 12.8 Å². The van der Waals surface area contributed by atoms with Crippen LogP contribution in [0.4, 0.5) is 4.39 Å². The third-order valence-corrected chi connectivity index (χ3v) is 4.33. The summed E-state index contributed by atoms with van der Waals surface area (Å²) in [6.07, 6.45) is 0.362. The second-order valence-electron chi connectivity index (χ2n) is 4.04. The van der Waals surface area contributed by atoms with E-state index in [0.717, 1.165) is 0 Å². The average molecular weight is 300 g/mol. The van der Waals surface area contributed by atoms with Crippen molar-refractivity contribution in [3.05, 3.63) is 29.6 Å². The zero-order valence-electron chi connectivity index (χ0n) is 11.2. The highest BCUT2D eigenvalue weighted by Gasteiger charge is 2.08. The monoisotopic (exact) mass is 300 g/mol. The Morgan fingerprint density at radius 1 is 1.40 bits per heavy atom. The lowest BCUT2D eigenvalue weighted by molar-refractivity contribution is 0.316. The summed E-state index contributed by atoms with van der Waals surface area (Å²) in [6.45, 7) is 1.47. The van der Waals surface area contributed by atoms with Gasteiger partial charge in [0.25, 0.3) is 0 Å². The second-order valence-corrected chi connectivity index (χ2v) is 6.51. The third-order valence-electron chi connectivity index (χ3n) is 2.54. The van der Waals surface area contributed by atoms with Gasteiger partial charge in [0.1, 0.15) is 28.0 Å². The van der Waals surface area contributed by atoms with Gasteiger partial charge in [-0.2, -0.15) is 0 Å². The van der Waals surface area contributed by atoms with E-state index in [0.29, 0.717) is 17.7 Å². The van der Waals surface area contributed by atoms with Gasteiger partial charge in [0, 0.05) is 5.75 Å². The van der Waals surface area contributed by atoms with E-state index in [1.165, 1.54) is 18.2 Å². The maximum absolute atomic E-state index is 13.1. The number of benzene rings is 1. The SMILES string of the molecule is CCS(=O)(=O)CCCOc1ccc(F)cc1C#CCO. The van der Waals surface area contributed by atoms with Crippen LogP contribution in [0, 0.1) is 17.7 Å². The minimum Gasteiger partial charge on any atom is -0.492 e. The van der Waals surface area contributed by atoms with Gasteiger partial charge in [-0.15, -0.1) is 0 Å². The van der Waals surface area contributed by atoms with Crippen LogP contribution in [0.2, 0.25) is 0 Å². The molecule has 20 heavy (non-hydrogen) atoms. The molecule has 0 radical (unpaired) electrons. The van der Waals surface area contributed by atoms with Crippen LogP contribution < -0.4 is 4.74 Å². The summed E-state index contributed by atoms with van der Waals surface area (Å²) in [4.78, 5) is 0. The molecule has 0 spiro atoms. The first kappa shape index (κ1) is 16.5. The quantitative estimate of drug-likeness (QED) is 0.637. The Labute approximate surface area is 118 Å². The third kappa shape index (κ3) is 5.59. The summed E-state index contributed by atoms with van der Waals surface area (Å²) in [7, 11) is -3.01. The standard InChI is InChI=1S/C14H17FO4S/c1-2-20(17,18)10-4-9-19-14-7-6-13(15)11-12(14)5-3-8-16/h6-7,11,16H,2,4,8-10H2,1H3. The van der Waals surface area contributed by atoms with Crippen LogP contribution in [-0.2, 0) is 9.84 Å². The Hall–Kier alpha value is -1.58. The van der Waals surface area contributed by atoms with E-state index in [1.807, 2.05) is 0 Å². The average Bonchev–Trinajstić information content (AvgIpc) is 2.43. The Morgan fingerprint density at radius 2 is 2.15 bits per heavy atom. The van der Waals surface area contributed by atoms with Gasteiger partial charge in [-0.05, 0) is 24.6 Å². The normalized spacial score (nSPS) is 10.8. The molecule has 0 aromatic heterocycles. The Morgan fingerprint density at radius 3 is 2.80 bits per heavy atom. The molecular weight excluding hydrogens is 283 g/mol. The summed E-state index contributed by atoms with van der Waals surface area (Å²) < 4.78 is 41.1. The van der Waals surface area contributed by atoms with Gasteiger partial charge in [-0.1, -0.05) is 18.8 Å². The van der Waals surface area contributed by atoms with Crippen LogP contribution >= 0.6 is 0 Å². The first-order chi connectivity index (χ1) is 9.48. The fraction of sp³-hybridized carbons (Fsp3) is 0.429. The molecule has 0 amide bonds. The zero-order chi connectivity index (χ0) is 15.0. The molecule has 0 unspecified atom stereocenters. The second kappa shape index (κ2) is 7.88. The maximum atomic E-state index is 13.1. The number of sulfone groups is 1. The van der Waals surface area contributed by atoms with E-state index in [2.05, 4.69) is 11.8 Å². The predicted octanol–water partition coefficient (Wildman–Crippen LogP) is 1.37. The molecule has 0 aliphatic heterocycles. The molecule has 1 aromatic carbocycles.